The minimum absolute atomic E-state index is 0.430. The van der Waals surface area contributed by atoms with Crippen LogP contribution in [0.2, 0.25) is 0 Å². The van der Waals surface area contributed by atoms with Crippen LogP contribution in [0, 0.1) is 6.92 Å². The molecule has 3 aromatic heterocycles. The van der Waals surface area contributed by atoms with E-state index in [9.17, 15) is 0 Å². The molecule has 1 unspecified atom stereocenters. The summed E-state index contributed by atoms with van der Waals surface area (Å²) in [6, 6.07) is 4.61. The van der Waals surface area contributed by atoms with Crippen molar-refractivity contribution >= 4 is 11.3 Å². The van der Waals surface area contributed by atoms with Gasteiger partial charge < -0.3 is 5.32 Å². The Bertz CT molecular complexity index is 757. The molecule has 1 aliphatic rings. The fourth-order valence-corrected chi connectivity index (χ4v) is 3.69. The van der Waals surface area contributed by atoms with Crippen LogP contribution in [-0.4, -0.2) is 31.0 Å². The molecule has 22 heavy (non-hydrogen) atoms. The lowest BCUT2D eigenvalue weighted by Gasteiger charge is -2.23. The summed E-state index contributed by atoms with van der Waals surface area (Å²) in [5.74, 6) is 1.98. The second kappa shape index (κ2) is 5.66. The van der Waals surface area contributed by atoms with Gasteiger partial charge in [-0.2, -0.15) is 10.2 Å². The summed E-state index contributed by atoms with van der Waals surface area (Å²) in [6.45, 7) is 3.66. The van der Waals surface area contributed by atoms with Crippen molar-refractivity contribution in [2.75, 3.05) is 0 Å². The number of thiophene rings is 1. The van der Waals surface area contributed by atoms with Crippen LogP contribution in [0.15, 0.2) is 23.7 Å². The summed E-state index contributed by atoms with van der Waals surface area (Å²) in [4.78, 5) is 5.68. The van der Waals surface area contributed by atoms with Crippen molar-refractivity contribution < 1.29 is 0 Å². The summed E-state index contributed by atoms with van der Waals surface area (Å²) >= 11 is 1.73. The maximum Gasteiger partial charge on any atom is 0.147 e. The fraction of sp³-hybridized carbons (Fsp3) is 0.400. The lowest BCUT2D eigenvalue weighted by atomic mass is 10.1. The zero-order chi connectivity index (χ0) is 14.9. The quantitative estimate of drug-likeness (QED) is 0.774. The van der Waals surface area contributed by atoms with Crippen LogP contribution in [0.25, 0.3) is 10.6 Å². The Kier molecular flexibility index (Phi) is 3.51. The van der Waals surface area contributed by atoms with Crippen LogP contribution in [0.5, 0.6) is 0 Å². The molecule has 1 aliphatic heterocycles. The van der Waals surface area contributed by atoms with Gasteiger partial charge >= 0.3 is 0 Å². The molecular weight excluding hydrogens is 296 g/mol. The van der Waals surface area contributed by atoms with E-state index in [1.807, 2.05) is 17.8 Å². The predicted octanol–water partition coefficient (Wildman–Crippen LogP) is 2.14. The Labute approximate surface area is 132 Å². The second-order valence-electron chi connectivity index (χ2n) is 5.62. The van der Waals surface area contributed by atoms with Crippen molar-refractivity contribution in [2.24, 2.45) is 0 Å². The van der Waals surface area contributed by atoms with Crippen molar-refractivity contribution in [3.05, 3.63) is 40.9 Å². The Balaban J connectivity index is 1.43. The second-order valence-corrected chi connectivity index (χ2v) is 6.57. The molecule has 7 heteroatoms. The highest BCUT2D eigenvalue weighted by molar-refractivity contribution is 7.13. The molecule has 6 nitrogen and oxygen atoms in total. The molecule has 0 aliphatic carbocycles. The van der Waals surface area contributed by atoms with Gasteiger partial charge in [0.25, 0.3) is 0 Å². The average Bonchev–Trinajstić information content (AvgIpc) is 3.23. The van der Waals surface area contributed by atoms with Gasteiger partial charge in [0.15, 0.2) is 0 Å². The van der Waals surface area contributed by atoms with Gasteiger partial charge in [0.05, 0.1) is 23.3 Å². The van der Waals surface area contributed by atoms with E-state index in [0.717, 1.165) is 43.3 Å². The monoisotopic (exact) mass is 314 g/mol. The summed E-state index contributed by atoms with van der Waals surface area (Å²) in [5, 5.41) is 17.5. The number of rotatable bonds is 4. The van der Waals surface area contributed by atoms with Crippen molar-refractivity contribution in [3.8, 4) is 10.6 Å². The van der Waals surface area contributed by atoms with Gasteiger partial charge in [0.1, 0.15) is 11.6 Å². The van der Waals surface area contributed by atoms with Crippen molar-refractivity contribution in [2.45, 2.75) is 38.9 Å². The van der Waals surface area contributed by atoms with Crippen molar-refractivity contribution in [3.63, 3.8) is 0 Å². The zero-order valence-corrected chi connectivity index (χ0v) is 13.2. The first-order chi connectivity index (χ1) is 10.8. The van der Waals surface area contributed by atoms with E-state index in [0.29, 0.717) is 6.04 Å². The van der Waals surface area contributed by atoms with Gasteiger partial charge in [0, 0.05) is 24.6 Å². The summed E-state index contributed by atoms with van der Waals surface area (Å²) < 4.78 is 2.03. The molecule has 0 fully saturated rings. The smallest absolute Gasteiger partial charge is 0.147 e. The maximum absolute atomic E-state index is 4.45. The largest absolute Gasteiger partial charge is 0.308 e. The molecule has 0 amide bonds. The highest BCUT2D eigenvalue weighted by atomic mass is 32.1. The van der Waals surface area contributed by atoms with E-state index in [1.54, 1.807) is 11.3 Å². The Hall–Kier alpha value is -1.99. The summed E-state index contributed by atoms with van der Waals surface area (Å²) in [6.07, 6.45) is 4.00. The highest BCUT2D eigenvalue weighted by Crippen LogP contribution is 2.26. The van der Waals surface area contributed by atoms with Crippen LogP contribution in [0.3, 0.4) is 0 Å². The first kappa shape index (κ1) is 13.7. The minimum Gasteiger partial charge on any atom is -0.308 e. The van der Waals surface area contributed by atoms with Gasteiger partial charge in [-0.3, -0.25) is 5.10 Å². The van der Waals surface area contributed by atoms with Crippen LogP contribution in [0.1, 0.15) is 23.6 Å². The van der Waals surface area contributed by atoms with E-state index in [1.165, 1.54) is 10.4 Å². The lowest BCUT2D eigenvalue weighted by Crippen LogP contribution is -2.37. The van der Waals surface area contributed by atoms with Crippen molar-refractivity contribution in [1.29, 1.82) is 0 Å². The van der Waals surface area contributed by atoms with Crippen molar-refractivity contribution in [1.82, 2.24) is 30.3 Å². The Morgan fingerprint density at radius 3 is 3.32 bits per heavy atom. The summed E-state index contributed by atoms with van der Waals surface area (Å²) in [7, 11) is 0. The van der Waals surface area contributed by atoms with E-state index in [2.05, 4.69) is 43.1 Å². The van der Waals surface area contributed by atoms with Gasteiger partial charge in [0.2, 0.25) is 0 Å². The summed E-state index contributed by atoms with van der Waals surface area (Å²) in [5.41, 5.74) is 2.33. The Morgan fingerprint density at radius 2 is 2.45 bits per heavy atom. The molecule has 1 atom stereocenters. The number of fused-ring (bicyclic) bond motifs is 1. The van der Waals surface area contributed by atoms with Crippen LogP contribution < -0.4 is 5.32 Å². The molecule has 2 N–H and O–H groups in total. The van der Waals surface area contributed by atoms with E-state index in [-0.39, 0.29) is 0 Å². The molecule has 0 radical (unpaired) electrons. The number of nitrogens with zero attached hydrogens (tertiary/aromatic N) is 4. The predicted molar refractivity (Wildman–Crippen MR) is 85.6 cm³/mol. The topological polar surface area (TPSA) is 71.4 Å². The van der Waals surface area contributed by atoms with Crippen LogP contribution in [0.4, 0.5) is 0 Å². The molecule has 4 rings (SSSR count). The third-order valence-corrected chi connectivity index (χ3v) is 4.92. The van der Waals surface area contributed by atoms with Gasteiger partial charge in [-0.25, -0.2) is 9.67 Å². The molecule has 0 saturated carbocycles. The normalized spacial score (nSPS) is 17.6. The molecule has 0 spiro atoms. The SMILES string of the molecule is Cc1nc2n(n1)CC(NCc1cn[nH]c1-c1cccs1)CC2. The number of aryl methyl sites for hydroxylation is 2. The molecular formula is C15H18N6S. The first-order valence-electron chi connectivity index (χ1n) is 7.49. The molecule has 4 heterocycles. The first-order valence-corrected chi connectivity index (χ1v) is 8.37. The number of aromatic nitrogens is 5. The van der Waals surface area contributed by atoms with Gasteiger partial charge in [-0.15, -0.1) is 11.3 Å². The molecule has 3 aromatic rings. The number of hydrogen-bond donors (Lipinski definition) is 2. The number of nitrogens with one attached hydrogen (secondary N) is 2. The number of H-pyrrole nitrogens is 1. The highest BCUT2D eigenvalue weighted by Gasteiger charge is 2.21. The third-order valence-electron chi connectivity index (χ3n) is 4.03. The third kappa shape index (κ3) is 2.57. The van der Waals surface area contributed by atoms with Crippen LogP contribution in [-0.2, 0) is 19.5 Å². The van der Waals surface area contributed by atoms with E-state index in [4.69, 9.17) is 0 Å². The van der Waals surface area contributed by atoms with Crippen LogP contribution >= 0.6 is 11.3 Å². The fourth-order valence-electron chi connectivity index (χ4n) is 2.93. The van der Waals surface area contributed by atoms with E-state index >= 15 is 0 Å². The molecule has 114 valence electrons. The minimum atomic E-state index is 0.430. The molecule has 0 aromatic carbocycles. The van der Waals surface area contributed by atoms with E-state index < -0.39 is 0 Å². The van der Waals surface area contributed by atoms with Gasteiger partial charge in [-0.1, -0.05) is 6.07 Å². The standard InChI is InChI=1S/C15H18N6S/c1-10-18-14-5-4-12(9-21(14)20-10)16-7-11-8-17-19-15(11)13-3-2-6-22-13/h2-3,6,8,12,16H,4-5,7,9H2,1H3,(H,17,19). The lowest BCUT2D eigenvalue weighted by molar-refractivity contribution is 0.358. The number of aromatic amines is 1. The number of hydrogen-bond acceptors (Lipinski definition) is 5. The van der Waals surface area contributed by atoms with Gasteiger partial charge in [-0.05, 0) is 24.8 Å². The molecule has 0 bridgehead atoms. The maximum atomic E-state index is 4.45. The zero-order valence-electron chi connectivity index (χ0n) is 12.4. The molecule has 0 saturated heterocycles. The Morgan fingerprint density at radius 1 is 1.50 bits per heavy atom. The average molecular weight is 314 g/mol.